The third-order valence-corrected chi connectivity index (χ3v) is 9.60. The van der Waals surface area contributed by atoms with Crippen molar-refractivity contribution in [3.8, 4) is 0 Å². The lowest BCUT2D eigenvalue weighted by Crippen LogP contribution is -2.52. The number of nitrogens with one attached hydrogen (secondary N) is 1. The van der Waals surface area contributed by atoms with Gasteiger partial charge in [0.25, 0.3) is 10.0 Å². The Morgan fingerprint density at radius 1 is 1.12 bits per heavy atom. The van der Waals surface area contributed by atoms with Crippen LogP contribution in [0.3, 0.4) is 0 Å². The average molecular weight is 442 g/mol. The van der Waals surface area contributed by atoms with E-state index in [2.05, 4.69) is 30.4 Å². The van der Waals surface area contributed by atoms with E-state index in [4.69, 9.17) is 0 Å². The molecule has 4 aliphatic rings. The van der Waals surface area contributed by atoms with E-state index in [0.717, 1.165) is 21.5 Å². The minimum atomic E-state index is -3.57. The van der Waals surface area contributed by atoms with Crippen molar-refractivity contribution in [3.63, 3.8) is 0 Å². The standard InChI is InChI=1S/C17H20BrN3O2S2/c18-14-1-2-16(24-14)25(22,23)20-15-3-4-21(19-15)17-8-11-5-12(9-17)7-13(6-11)10-17/h1-4,11-13H,5-10H2,(H,19,20). The van der Waals surface area contributed by atoms with Gasteiger partial charge in [0.1, 0.15) is 4.21 Å². The fourth-order valence-corrected chi connectivity index (χ4v) is 8.62. The Morgan fingerprint density at radius 3 is 2.32 bits per heavy atom. The number of halogens is 1. The number of hydrogen-bond donors (Lipinski definition) is 1. The van der Waals surface area contributed by atoms with Gasteiger partial charge >= 0.3 is 0 Å². The second kappa shape index (κ2) is 5.57. The van der Waals surface area contributed by atoms with Crippen molar-refractivity contribution in [1.82, 2.24) is 9.78 Å². The summed E-state index contributed by atoms with van der Waals surface area (Å²) in [5.41, 5.74) is 0.115. The monoisotopic (exact) mass is 441 g/mol. The van der Waals surface area contributed by atoms with Gasteiger partial charge < -0.3 is 0 Å². The minimum Gasteiger partial charge on any atom is -0.264 e. The molecule has 6 rings (SSSR count). The Balaban J connectivity index is 1.41. The van der Waals surface area contributed by atoms with Gasteiger partial charge in [-0.1, -0.05) is 0 Å². The summed E-state index contributed by atoms with van der Waals surface area (Å²) in [7, 11) is -3.57. The highest BCUT2D eigenvalue weighted by Crippen LogP contribution is 2.58. The highest BCUT2D eigenvalue weighted by Gasteiger charge is 2.52. The smallest absolute Gasteiger partial charge is 0.264 e. The van der Waals surface area contributed by atoms with Crippen LogP contribution < -0.4 is 4.72 Å². The topological polar surface area (TPSA) is 64.0 Å². The highest BCUT2D eigenvalue weighted by molar-refractivity contribution is 9.11. The predicted octanol–water partition coefficient (Wildman–Crippen LogP) is 4.43. The van der Waals surface area contributed by atoms with Crippen LogP contribution in [-0.2, 0) is 15.6 Å². The van der Waals surface area contributed by atoms with Crippen molar-refractivity contribution in [2.75, 3.05) is 4.72 Å². The van der Waals surface area contributed by atoms with Gasteiger partial charge in [-0.3, -0.25) is 9.40 Å². The third kappa shape index (κ3) is 2.77. The molecule has 0 aliphatic heterocycles. The number of anilines is 1. The molecular formula is C17H20BrN3O2S2. The van der Waals surface area contributed by atoms with Crippen molar-refractivity contribution in [2.24, 2.45) is 17.8 Å². The lowest BCUT2D eigenvalue weighted by Gasteiger charge is -2.56. The molecule has 4 saturated carbocycles. The number of nitrogens with zero attached hydrogens (tertiary/aromatic N) is 2. The molecule has 4 bridgehead atoms. The molecule has 0 saturated heterocycles. The van der Waals surface area contributed by atoms with E-state index in [9.17, 15) is 8.42 Å². The lowest BCUT2D eigenvalue weighted by molar-refractivity contribution is -0.0492. The number of hydrogen-bond acceptors (Lipinski definition) is 4. The van der Waals surface area contributed by atoms with Gasteiger partial charge in [-0.2, -0.15) is 5.10 Å². The number of aromatic nitrogens is 2. The number of sulfonamides is 1. The molecule has 5 nitrogen and oxygen atoms in total. The summed E-state index contributed by atoms with van der Waals surface area (Å²) in [6.45, 7) is 0. The first-order valence-electron chi connectivity index (χ1n) is 8.76. The molecule has 25 heavy (non-hydrogen) atoms. The van der Waals surface area contributed by atoms with E-state index in [1.165, 1.54) is 49.9 Å². The van der Waals surface area contributed by atoms with E-state index in [0.29, 0.717) is 10.0 Å². The molecule has 2 aromatic rings. The van der Waals surface area contributed by atoms with E-state index in [1.807, 2.05) is 6.20 Å². The third-order valence-electron chi connectivity index (χ3n) is 6.13. The Hall–Kier alpha value is -0.860. The first-order chi connectivity index (χ1) is 11.9. The van der Waals surface area contributed by atoms with Gasteiger partial charge in [0.05, 0.1) is 9.33 Å². The predicted molar refractivity (Wildman–Crippen MR) is 101 cm³/mol. The van der Waals surface area contributed by atoms with Crippen molar-refractivity contribution in [2.45, 2.75) is 48.3 Å². The summed E-state index contributed by atoms with van der Waals surface area (Å²) in [5, 5.41) is 4.64. The maximum absolute atomic E-state index is 12.5. The number of thiophene rings is 1. The van der Waals surface area contributed by atoms with Crippen LogP contribution in [0.1, 0.15) is 38.5 Å². The molecule has 4 fully saturated rings. The van der Waals surface area contributed by atoms with E-state index in [-0.39, 0.29) is 5.54 Å². The number of rotatable bonds is 4. The maximum Gasteiger partial charge on any atom is 0.272 e. The molecule has 134 valence electrons. The summed E-state index contributed by atoms with van der Waals surface area (Å²) >= 11 is 4.51. The summed E-state index contributed by atoms with van der Waals surface area (Å²) in [6.07, 6.45) is 9.71. The van der Waals surface area contributed by atoms with Gasteiger partial charge in [-0.15, -0.1) is 11.3 Å². The zero-order valence-electron chi connectivity index (χ0n) is 13.7. The Labute approximate surface area is 160 Å². The largest absolute Gasteiger partial charge is 0.272 e. The van der Waals surface area contributed by atoms with Crippen LogP contribution in [0.2, 0.25) is 0 Å². The Bertz CT molecular complexity index is 883. The fraction of sp³-hybridized carbons (Fsp3) is 0.588. The van der Waals surface area contributed by atoms with Crippen molar-refractivity contribution in [3.05, 3.63) is 28.2 Å². The average Bonchev–Trinajstić information content (AvgIpc) is 3.15. The van der Waals surface area contributed by atoms with Gasteiger partial charge in [0.2, 0.25) is 0 Å². The molecular weight excluding hydrogens is 422 g/mol. The minimum absolute atomic E-state index is 0.115. The summed E-state index contributed by atoms with van der Waals surface area (Å²) in [6, 6.07) is 5.14. The van der Waals surface area contributed by atoms with E-state index in [1.54, 1.807) is 18.2 Å². The van der Waals surface area contributed by atoms with Crippen molar-refractivity contribution >= 4 is 43.1 Å². The molecule has 0 atom stereocenters. The molecule has 0 spiro atoms. The zero-order chi connectivity index (χ0) is 17.2. The van der Waals surface area contributed by atoms with Crippen molar-refractivity contribution < 1.29 is 8.42 Å². The second-order valence-electron chi connectivity index (χ2n) is 7.95. The molecule has 4 aliphatic carbocycles. The Morgan fingerprint density at radius 2 is 1.76 bits per heavy atom. The maximum atomic E-state index is 12.5. The van der Waals surface area contributed by atoms with Crippen LogP contribution in [-0.4, -0.2) is 18.2 Å². The van der Waals surface area contributed by atoms with Gasteiger partial charge in [0, 0.05) is 12.3 Å². The molecule has 0 aromatic carbocycles. The molecule has 2 aromatic heterocycles. The highest BCUT2D eigenvalue weighted by atomic mass is 79.9. The first kappa shape index (κ1) is 16.3. The normalized spacial score (nSPS) is 33.7. The van der Waals surface area contributed by atoms with E-state index >= 15 is 0 Å². The summed E-state index contributed by atoms with van der Waals surface area (Å²) in [5.74, 6) is 2.91. The lowest BCUT2D eigenvalue weighted by atomic mass is 9.53. The Kier molecular flexibility index (Phi) is 3.63. The van der Waals surface area contributed by atoms with Crippen LogP contribution in [0.5, 0.6) is 0 Å². The molecule has 0 amide bonds. The summed E-state index contributed by atoms with van der Waals surface area (Å²) in [4.78, 5) is 0. The van der Waals surface area contributed by atoms with Gasteiger partial charge in [-0.05, 0) is 84.3 Å². The quantitative estimate of drug-likeness (QED) is 0.762. The van der Waals surface area contributed by atoms with Crippen molar-refractivity contribution in [1.29, 1.82) is 0 Å². The fourth-order valence-electron chi connectivity index (χ4n) is 5.62. The van der Waals surface area contributed by atoms with Crippen LogP contribution in [0, 0.1) is 17.8 Å². The molecule has 1 N–H and O–H groups in total. The summed E-state index contributed by atoms with van der Waals surface area (Å²) < 4.78 is 30.8. The molecule has 0 unspecified atom stereocenters. The molecule has 2 heterocycles. The molecule has 0 radical (unpaired) electrons. The van der Waals surface area contributed by atoms with Crippen LogP contribution >= 0.6 is 27.3 Å². The van der Waals surface area contributed by atoms with Gasteiger partial charge in [-0.25, -0.2) is 8.42 Å². The van der Waals surface area contributed by atoms with Gasteiger partial charge in [0.15, 0.2) is 5.82 Å². The molecule has 8 heteroatoms. The van der Waals surface area contributed by atoms with E-state index < -0.39 is 10.0 Å². The van der Waals surface area contributed by atoms with Crippen LogP contribution in [0.15, 0.2) is 32.4 Å². The zero-order valence-corrected chi connectivity index (χ0v) is 16.9. The SMILES string of the molecule is O=S(=O)(Nc1ccn(C23CC4CC(CC(C4)C2)C3)n1)c1ccc(Br)s1. The van der Waals surface area contributed by atoms with Crippen LogP contribution in [0.4, 0.5) is 5.82 Å². The second-order valence-corrected chi connectivity index (χ2v) is 12.3. The first-order valence-corrected chi connectivity index (χ1v) is 11.9. The van der Waals surface area contributed by atoms with Crippen LogP contribution in [0.25, 0.3) is 0 Å².